The summed E-state index contributed by atoms with van der Waals surface area (Å²) in [6.45, 7) is 13.1. The van der Waals surface area contributed by atoms with Crippen LogP contribution >= 0.6 is 0 Å². The third-order valence-corrected chi connectivity index (χ3v) is 5.06. The van der Waals surface area contributed by atoms with Crippen molar-refractivity contribution in [1.29, 1.82) is 0 Å². The van der Waals surface area contributed by atoms with Crippen LogP contribution in [-0.2, 0) is 0 Å². The molecule has 0 heterocycles. The molecule has 1 rings (SSSR count). The lowest BCUT2D eigenvalue weighted by molar-refractivity contribution is 0.158. The van der Waals surface area contributed by atoms with E-state index in [9.17, 15) is 0 Å². The van der Waals surface area contributed by atoms with E-state index in [1.54, 1.807) is 0 Å². The lowest BCUT2D eigenvalue weighted by atomic mass is 9.93. The summed E-state index contributed by atoms with van der Waals surface area (Å²) < 4.78 is 0. The topological polar surface area (TPSA) is 15.3 Å². The van der Waals surface area contributed by atoms with Crippen LogP contribution in [0.25, 0.3) is 0 Å². The monoisotopic (exact) mass is 296 g/mol. The molecule has 0 radical (unpaired) electrons. The normalized spacial score (nSPS) is 23.7. The Hall–Kier alpha value is -0.0800. The van der Waals surface area contributed by atoms with E-state index in [-0.39, 0.29) is 0 Å². The Kier molecular flexibility index (Phi) is 10.4. The zero-order valence-corrected chi connectivity index (χ0v) is 15.2. The van der Waals surface area contributed by atoms with Gasteiger partial charge >= 0.3 is 0 Å². The number of nitrogens with zero attached hydrogens (tertiary/aromatic N) is 1. The molecule has 0 aromatic heterocycles. The van der Waals surface area contributed by atoms with Gasteiger partial charge in [0.15, 0.2) is 0 Å². The summed E-state index contributed by atoms with van der Waals surface area (Å²) in [4.78, 5) is 2.74. The van der Waals surface area contributed by atoms with Crippen molar-refractivity contribution in [1.82, 2.24) is 10.2 Å². The maximum Gasteiger partial charge on any atom is 0.0107 e. The largest absolute Gasteiger partial charge is 0.314 e. The van der Waals surface area contributed by atoms with Crippen molar-refractivity contribution in [2.45, 2.75) is 97.6 Å². The van der Waals surface area contributed by atoms with Crippen molar-refractivity contribution in [3.05, 3.63) is 0 Å². The van der Waals surface area contributed by atoms with Crippen LogP contribution in [-0.4, -0.2) is 36.6 Å². The first kappa shape index (κ1) is 19.0. The van der Waals surface area contributed by atoms with Crippen LogP contribution in [0.4, 0.5) is 0 Å². The summed E-state index contributed by atoms with van der Waals surface area (Å²) in [5, 5.41) is 3.85. The SMILES string of the molecule is CCCCCN(CC1CCCCCC1NCCC)C(C)C. The van der Waals surface area contributed by atoms with Gasteiger partial charge in [0, 0.05) is 18.6 Å². The van der Waals surface area contributed by atoms with E-state index in [1.165, 1.54) is 77.4 Å². The van der Waals surface area contributed by atoms with Crippen molar-refractivity contribution >= 4 is 0 Å². The molecule has 0 aliphatic heterocycles. The molecule has 2 heteroatoms. The second-order valence-electron chi connectivity index (χ2n) is 7.25. The summed E-state index contributed by atoms with van der Waals surface area (Å²) in [6, 6.07) is 1.46. The summed E-state index contributed by atoms with van der Waals surface area (Å²) in [6.07, 6.45) is 12.5. The molecule has 2 atom stereocenters. The molecular formula is C19H40N2. The maximum absolute atomic E-state index is 3.85. The third kappa shape index (κ3) is 7.65. The average molecular weight is 297 g/mol. The Morgan fingerprint density at radius 1 is 1.00 bits per heavy atom. The van der Waals surface area contributed by atoms with Gasteiger partial charge in [0.05, 0.1) is 0 Å². The maximum atomic E-state index is 3.85. The molecule has 2 unspecified atom stereocenters. The van der Waals surface area contributed by atoms with Crippen molar-refractivity contribution in [2.24, 2.45) is 5.92 Å². The Balaban J connectivity index is 2.53. The smallest absolute Gasteiger partial charge is 0.0107 e. The van der Waals surface area contributed by atoms with E-state index < -0.39 is 0 Å². The Labute approximate surface area is 134 Å². The van der Waals surface area contributed by atoms with Gasteiger partial charge in [-0.25, -0.2) is 0 Å². The highest BCUT2D eigenvalue weighted by Crippen LogP contribution is 2.25. The van der Waals surface area contributed by atoms with E-state index in [1.807, 2.05) is 0 Å². The molecule has 0 bridgehead atoms. The van der Waals surface area contributed by atoms with E-state index in [0.717, 1.165) is 12.0 Å². The van der Waals surface area contributed by atoms with Gasteiger partial charge in [0.25, 0.3) is 0 Å². The van der Waals surface area contributed by atoms with Crippen LogP contribution in [0, 0.1) is 5.92 Å². The van der Waals surface area contributed by atoms with Crippen molar-refractivity contribution in [2.75, 3.05) is 19.6 Å². The van der Waals surface area contributed by atoms with Gasteiger partial charge in [-0.2, -0.15) is 0 Å². The second-order valence-corrected chi connectivity index (χ2v) is 7.25. The van der Waals surface area contributed by atoms with Gasteiger partial charge in [0.1, 0.15) is 0 Å². The van der Waals surface area contributed by atoms with Crippen molar-refractivity contribution in [3.63, 3.8) is 0 Å². The molecule has 0 amide bonds. The minimum Gasteiger partial charge on any atom is -0.314 e. The summed E-state index contributed by atoms with van der Waals surface area (Å²) >= 11 is 0. The highest BCUT2D eigenvalue weighted by atomic mass is 15.1. The summed E-state index contributed by atoms with van der Waals surface area (Å²) in [7, 11) is 0. The molecule has 1 N–H and O–H groups in total. The van der Waals surface area contributed by atoms with Crippen molar-refractivity contribution in [3.8, 4) is 0 Å². The molecule has 21 heavy (non-hydrogen) atoms. The Morgan fingerprint density at radius 3 is 2.43 bits per heavy atom. The van der Waals surface area contributed by atoms with Crippen LogP contribution in [0.3, 0.4) is 0 Å². The molecule has 1 saturated carbocycles. The van der Waals surface area contributed by atoms with E-state index in [0.29, 0.717) is 6.04 Å². The molecule has 0 aromatic rings. The first-order valence-corrected chi connectivity index (χ1v) is 9.66. The fraction of sp³-hybridized carbons (Fsp3) is 1.00. The molecule has 2 nitrogen and oxygen atoms in total. The molecule has 0 spiro atoms. The molecule has 1 aliphatic rings. The van der Waals surface area contributed by atoms with Gasteiger partial charge in [-0.15, -0.1) is 0 Å². The van der Waals surface area contributed by atoms with Crippen molar-refractivity contribution < 1.29 is 0 Å². The second kappa shape index (κ2) is 11.5. The third-order valence-electron chi connectivity index (χ3n) is 5.06. The molecule has 126 valence electrons. The van der Waals surface area contributed by atoms with E-state index >= 15 is 0 Å². The number of hydrogen-bond acceptors (Lipinski definition) is 2. The highest BCUT2D eigenvalue weighted by Gasteiger charge is 2.25. The molecule has 0 saturated heterocycles. The number of rotatable bonds is 10. The quantitative estimate of drug-likeness (QED) is 0.458. The number of nitrogens with one attached hydrogen (secondary N) is 1. The van der Waals surface area contributed by atoms with Crippen LogP contribution in [0.5, 0.6) is 0 Å². The van der Waals surface area contributed by atoms with E-state index in [2.05, 4.69) is 37.9 Å². The number of unbranched alkanes of at least 4 members (excludes halogenated alkanes) is 2. The standard InChI is InChI=1S/C19H40N2/c1-5-7-11-15-21(17(3)4)16-18-12-9-8-10-13-19(18)20-14-6-2/h17-20H,5-16H2,1-4H3. The van der Waals surface area contributed by atoms with E-state index in [4.69, 9.17) is 0 Å². The minimum absolute atomic E-state index is 0.692. The first-order valence-electron chi connectivity index (χ1n) is 9.66. The molecule has 1 aliphatic carbocycles. The van der Waals surface area contributed by atoms with Gasteiger partial charge in [-0.05, 0) is 58.5 Å². The van der Waals surface area contributed by atoms with Gasteiger partial charge in [-0.3, -0.25) is 0 Å². The predicted molar refractivity (Wildman–Crippen MR) is 94.9 cm³/mol. The molecular weight excluding hydrogens is 256 g/mol. The van der Waals surface area contributed by atoms with Gasteiger partial charge < -0.3 is 10.2 Å². The van der Waals surface area contributed by atoms with Crippen LogP contribution in [0.1, 0.15) is 85.5 Å². The molecule has 1 fully saturated rings. The Morgan fingerprint density at radius 2 is 1.76 bits per heavy atom. The van der Waals surface area contributed by atoms with Crippen LogP contribution < -0.4 is 5.32 Å². The van der Waals surface area contributed by atoms with Gasteiger partial charge in [-0.1, -0.05) is 46.0 Å². The summed E-state index contributed by atoms with van der Waals surface area (Å²) in [5.41, 5.74) is 0. The Bertz CT molecular complexity index is 240. The average Bonchev–Trinajstić information content (AvgIpc) is 2.69. The van der Waals surface area contributed by atoms with Gasteiger partial charge in [0.2, 0.25) is 0 Å². The van der Waals surface area contributed by atoms with Crippen LogP contribution in [0.15, 0.2) is 0 Å². The number of hydrogen-bond donors (Lipinski definition) is 1. The first-order chi connectivity index (χ1) is 10.2. The zero-order valence-electron chi connectivity index (χ0n) is 15.2. The lowest BCUT2D eigenvalue weighted by Gasteiger charge is -2.34. The fourth-order valence-corrected chi connectivity index (χ4v) is 3.63. The highest BCUT2D eigenvalue weighted by molar-refractivity contribution is 4.82. The zero-order chi connectivity index (χ0) is 15.5. The minimum atomic E-state index is 0.692. The lowest BCUT2D eigenvalue weighted by Crippen LogP contribution is -2.44. The molecule has 0 aromatic carbocycles. The van der Waals surface area contributed by atoms with Crippen LogP contribution in [0.2, 0.25) is 0 Å². The summed E-state index contributed by atoms with van der Waals surface area (Å²) in [5.74, 6) is 0.864. The fourth-order valence-electron chi connectivity index (χ4n) is 3.63. The predicted octanol–water partition coefficient (Wildman–Crippen LogP) is 4.84.